The minimum Gasteiger partial charge on any atom is -0.480 e. The van der Waals surface area contributed by atoms with Crippen LogP contribution in [0.15, 0.2) is 0 Å². The maximum Gasteiger partial charge on any atom is 0.329 e. The van der Waals surface area contributed by atoms with Gasteiger partial charge in [-0.3, -0.25) is 4.79 Å². The van der Waals surface area contributed by atoms with E-state index in [1.54, 1.807) is 20.8 Å². The van der Waals surface area contributed by atoms with Gasteiger partial charge in [-0.25, -0.2) is 4.79 Å². The van der Waals surface area contributed by atoms with E-state index < -0.39 is 18.2 Å². The van der Waals surface area contributed by atoms with Gasteiger partial charge in [-0.05, 0) is 20.8 Å². The van der Waals surface area contributed by atoms with Crippen molar-refractivity contribution in [3.63, 3.8) is 0 Å². The van der Waals surface area contributed by atoms with Gasteiger partial charge in [0.2, 0.25) is 0 Å². The van der Waals surface area contributed by atoms with Gasteiger partial charge in [-0.1, -0.05) is 0 Å². The largest absolute Gasteiger partial charge is 0.480 e. The van der Waals surface area contributed by atoms with Crippen LogP contribution >= 0.6 is 0 Å². The number of ether oxygens (including phenoxy) is 6. The number of esters is 1. The summed E-state index contributed by atoms with van der Waals surface area (Å²) in [4.78, 5) is 21.4. The molecule has 0 aromatic carbocycles. The first-order chi connectivity index (χ1) is 10.3. The summed E-state index contributed by atoms with van der Waals surface area (Å²) in [6.45, 7) is 4.76. The second-order valence-electron chi connectivity index (χ2n) is 5.07. The van der Waals surface area contributed by atoms with Gasteiger partial charge in [-0.2, -0.15) is 0 Å². The topological polar surface area (TPSA) is 110 Å². The van der Waals surface area contributed by atoms with Gasteiger partial charge in [0.1, 0.15) is 25.8 Å². The summed E-state index contributed by atoms with van der Waals surface area (Å²) in [6.07, 6.45) is 0.144. The first kappa shape index (κ1) is 20.7. The lowest BCUT2D eigenvalue weighted by atomic mass is 10.2. The second kappa shape index (κ2) is 12.3. The van der Waals surface area contributed by atoms with E-state index in [2.05, 4.69) is 4.74 Å². The van der Waals surface area contributed by atoms with Gasteiger partial charge < -0.3 is 33.5 Å². The standard InChI is InChI=1S/C13H24O9/c1-13(2,3)22-12(16)4-5-17-7-19-9-21-10-20-8-18-6-11(14)15/h4-10H2,1-3H3,(H,14,15). The highest BCUT2D eigenvalue weighted by Crippen LogP contribution is 2.07. The average Bonchev–Trinajstić information content (AvgIpc) is 2.37. The predicted molar refractivity (Wildman–Crippen MR) is 72.7 cm³/mol. The molecule has 22 heavy (non-hydrogen) atoms. The van der Waals surface area contributed by atoms with E-state index in [9.17, 15) is 9.59 Å². The molecule has 9 nitrogen and oxygen atoms in total. The fourth-order valence-electron chi connectivity index (χ4n) is 1.07. The summed E-state index contributed by atoms with van der Waals surface area (Å²) >= 11 is 0. The molecular weight excluding hydrogens is 300 g/mol. The fraction of sp³-hybridized carbons (Fsp3) is 0.846. The van der Waals surface area contributed by atoms with Crippen LogP contribution < -0.4 is 0 Å². The third-order valence-corrected chi connectivity index (χ3v) is 1.76. The molecule has 0 unspecified atom stereocenters. The predicted octanol–water partition coefficient (Wildman–Crippen LogP) is 0.716. The van der Waals surface area contributed by atoms with E-state index in [-0.39, 0.29) is 46.2 Å². The third kappa shape index (κ3) is 16.8. The highest BCUT2D eigenvalue weighted by molar-refractivity contribution is 5.69. The molecule has 0 aromatic heterocycles. The molecule has 0 aliphatic heterocycles. The molecular formula is C13H24O9. The summed E-state index contributed by atoms with van der Waals surface area (Å²) in [7, 11) is 0. The molecule has 0 aromatic rings. The van der Waals surface area contributed by atoms with E-state index >= 15 is 0 Å². The van der Waals surface area contributed by atoms with Gasteiger partial charge >= 0.3 is 11.9 Å². The Kier molecular flexibility index (Phi) is 11.6. The quantitative estimate of drug-likeness (QED) is 0.297. The Hall–Kier alpha value is -1.26. The normalized spacial score (nSPS) is 11.4. The molecule has 0 spiro atoms. The van der Waals surface area contributed by atoms with Crippen LogP contribution in [0.3, 0.4) is 0 Å². The minimum absolute atomic E-state index is 0.0295. The Labute approximate surface area is 129 Å². The van der Waals surface area contributed by atoms with Crippen molar-refractivity contribution in [1.29, 1.82) is 0 Å². The number of carboxylic acids is 1. The highest BCUT2D eigenvalue weighted by Gasteiger charge is 2.15. The molecule has 0 aliphatic rings. The van der Waals surface area contributed by atoms with Crippen LogP contribution in [0, 0.1) is 0 Å². The Balaban J connectivity index is 3.21. The van der Waals surface area contributed by atoms with Gasteiger partial charge in [0.15, 0.2) is 13.6 Å². The maximum atomic E-state index is 11.3. The first-order valence-corrected chi connectivity index (χ1v) is 6.63. The van der Waals surface area contributed by atoms with Crippen molar-refractivity contribution in [3.05, 3.63) is 0 Å². The zero-order chi connectivity index (χ0) is 16.8. The van der Waals surface area contributed by atoms with Crippen molar-refractivity contribution in [1.82, 2.24) is 0 Å². The number of carbonyl (C=O) groups is 2. The van der Waals surface area contributed by atoms with Crippen LogP contribution in [-0.4, -0.2) is 63.0 Å². The lowest BCUT2D eigenvalue weighted by molar-refractivity contribution is -0.195. The van der Waals surface area contributed by atoms with Crippen LogP contribution in [0.1, 0.15) is 27.2 Å². The Morgan fingerprint density at radius 1 is 0.864 bits per heavy atom. The molecule has 0 bridgehead atoms. The maximum absolute atomic E-state index is 11.3. The number of carboxylic acid groups (broad SMARTS) is 1. The molecule has 0 radical (unpaired) electrons. The van der Waals surface area contributed by atoms with Crippen molar-refractivity contribution in [2.45, 2.75) is 32.8 Å². The van der Waals surface area contributed by atoms with Gasteiger partial charge in [0.25, 0.3) is 0 Å². The first-order valence-electron chi connectivity index (χ1n) is 6.63. The summed E-state index contributed by atoms with van der Waals surface area (Å²) < 4.78 is 29.4. The van der Waals surface area contributed by atoms with E-state index in [4.69, 9.17) is 28.8 Å². The Morgan fingerprint density at radius 3 is 1.86 bits per heavy atom. The van der Waals surface area contributed by atoms with Crippen molar-refractivity contribution in [2.75, 3.05) is 40.4 Å². The average molecular weight is 324 g/mol. The van der Waals surface area contributed by atoms with E-state index in [1.165, 1.54) is 0 Å². The molecule has 1 N–H and O–H groups in total. The number of carbonyl (C=O) groups excluding carboxylic acids is 1. The van der Waals surface area contributed by atoms with Crippen molar-refractivity contribution in [3.8, 4) is 0 Å². The SMILES string of the molecule is CC(C)(C)OC(=O)CCOCOCOCOCOCC(=O)O. The van der Waals surface area contributed by atoms with Gasteiger partial charge in [0.05, 0.1) is 13.0 Å². The number of hydrogen-bond acceptors (Lipinski definition) is 8. The smallest absolute Gasteiger partial charge is 0.329 e. The van der Waals surface area contributed by atoms with Crippen LogP contribution in [0.4, 0.5) is 0 Å². The summed E-state index contributed by atoms with van der Waals surface area (Å²) in [5, 5.41) is 8.27. The number of hydrogen-bond donors (Lipinski definition) is 1. The fourth-order valence-corrected chi connectivity index (χ4v) is 1.07. The molecule has 0 saturated carbocycles. The zero-order valence-corrected chi connectivity index (χ0v) is 13.2. The Bertz CT molecular complexity index is 311. The minimum atomic E-state index is -1.07. The van der Waals surface area contributed by atoms with Crippen molar-refractivity contribution in [2.24, 2.45) is 0 Å². The van der Waals surface area contributed by atoms with Crippen molar-refractivity contribution >= 4 is 11.9 Å². The number of aliphatic carboxylic acids is 1. The lowest BCUT2D eigenvalue weighted by Crippen LogP contribution is -2.24. The van der Waals surface area contributed by atoms with Crippen molar-refractivity contribution < 1.29 is 43.1 Å². The summed E-state index contributed by atoms with van der Waals surface area (Å²) in [5.41, 5.74) is -0.504. The molecule has 0 fully saturated rings. The monoisotopic (exact) mass is 324 g/mol. The third-order valence-electron chi connectivity index (χ3n) is 1.76. The van der Waals surface area contributed by atoms with Gasteiger partial charge in [-0.15, -0.1) is 0 Å². The Morgan fingerprint density at radius 2 is 1.36 bits per heavy atom. The molecule has 0 aliphatic carbocycles. The van der Waals surface area contributed by atoms with E-state index in [0.717, 1.165) is 0 Å². The van der Waals surface area contributed by atoms with E-state index in [0.29, 0.717) is 0 Å². The van der Waals surface area contributed by atoms with Crippen LogP contribution in [0.5, 0.6) is 0 Å². The molecule has 0 saturated heterocycles. The molecule has 9 heteroatoms. The second-order valence-corrected chi connectivity index (χ2v) is 5.07. The highest BCUT2D eigenvalue weighted by atomic mass is 16.8. The molecule has 0 rings (SSSR count). The summed E-state index contributed by atoms with van der Waals surface area (Å²) in [6, 6.07) is 0. The molecule has 0 atom stereocenters. The van der Waals surface area contributed by atoms with Gasteiger partial charge in [0, 0.05) is 0 Å². The summed E-state index contributed by atoms with van der Waals surface area (Å²) in [5.74, 6) is -1.41. The molecule has 130 valence electrons. The number of rotatable bonds is 13. The molecule has 0 heterocycles. The van der Waals surface area contributed by atoms with E-state index in [1.807, 2.05) is 0 Å². The lowest BCUT2D eigenvalue weighted by Gasteiger charge is -2.19. The van der Waals surface area contributed by atoms with Crippen LogP contribution in [-0.2, 0) is 38.0 Å². The van der Waals surface area contributed by atoms with Crippen LogP contribution in [0.25, 0.3) is 0 Å². The van der Waals surface area contributed by atoms with Crippen LogP contribution in [0.2, 0.25) is 0 Å². The zero-order valence-electron chi connectivity index (χ0n) is 13.2. The molecule has 0 amide bonds.